The number of nitrogens with one attached hydrogen (secondary N) is 1. The van der Waals surface area contributed by atoms with Crippen molar-refractivity contribution in [3.8, 4) is 11.5 Å². The van der Waals surface area contributed by atoms with E-state index in [4.69, 9.17) is 32.7 Å². The van der Waals surface area contributed by atoms with Gasteiger partial charge in [-0.1, -0.05) is 62.2 Å². The topological polar surface area (TPSA) is 94.1 Å². The number of carbonyl (C=O) groups is 3. The summed E-state index contributed by atoms with van der Waals surface area (Å²) in [6.07, 6.45) is 8.22. The summed E-state index contributed by atoms with van der Waals surface area (Å²) in [4.78, 5) is 37.4. The van der Waals surface area contributed by atoms with E-state index in [1.165, 1.54) is 49.7 Å². The molecule has 0 spiro atoms. The van der Waals surface area contributed by atoms with Crippen LogP contribution in [0.3, 0.4) is 0 Å². The lowest BCUT2D eigenvalue weighted by Crippen LogP contribution is -2.17. The van der Waals surface area contributed by atoms with Gasteiger partial charge in [0.05, 0.1) is 17.3 Å². The molecule has 0 aliphatic carbocycles. The van der Waals surface area contributed by atoms with Crippen LogP contribution in [0.4, 0.5) is 0 Å². The summed E-state index contributed by atoms with van der Waals surface area (Å²) in [5, 5.41) is 4.99. The maximum Gasteiger partial charge on any atom is 0.343 e. The lowest BCUT2D eigenvalue weighted by molar-refractivity contribution is -0.121. The highest BCUT2D eigenvalue weighted by molar-refractivity contribution is 6.31. The van der Waals surface area contributed by atoms with Crippen LogP contribution < -0.4 is 14.9 Å². The molecule has 3 aromatic rings. The van der Waals surface area contributed by atoms with E-state index in [1.807, 2.05) is 0 Å². The van der Waals surface area contributed by atoms with Crippen LogP contribution >= 0.6 is 23.2 Å². The molecule has 0 heterocycles. The minimum Gasteiger partial charge on any atom is -0.423 e. The second kappa shape index (κ2) is 15.7. The molecule has 0 aliphatic heterocycles. The third-order valence-electron chi connectivity index (χ3n) is 5.71. The van der Waals surface area contributed by atoms with Gasteiger partial charge in [0, 0.05) is 28.1 Å². The van der Waals surface area contributed by atoms with Crippen molar-refractivity contribution in [1.82, 2.24) is 5.43 Å². The SMILES string of the molecule is CCCCCCCCC(=O)N/N=C\c1ccc(OC(=O)c2ccc(Cl)cc2)cc1OC(=O)c1ccc(Cl)cc1. The van der Waals surface area contributed by atoms with E-state index in [-0.39, 0.29) is 23.0 Å². The molecule has 3 aromatic carbocycles. The zero-order valence-electron chi connectivity index (χ0n) is 21.6. The predicted octanol–water partition coefficient (Wildman–Crippen LogP) is 7.63. The maximum absolute atomic E-state index is 12.8. The standard InChI is InChI=1S/C30H30Cl2N2O5/c1-2-3-4-5-6-7-8-28(35)34-33-20-23-13-18-26(38-29(36)21-9-14-24(31)15-10-21)19-27(23)39-30(37)22-11-16-25(32)17-12-22/h9-20H,2-8H2,1H3,(H,34,35)/b33-20-. The van der Waals surface area contributed by atoms with E-state index in [1.54, 1.807) is 42.5 Å². The third kappa shape index (κ3) is 10.2. The minimum absolute atomic E-state index is 0.0882. The van der Waals surface area contributed by atoms with Crippen LogP contribution in [0.2, 0.25) is 10.0 Å². The zero-order chi connectivity index (χ0) is 28.0. The number of nitrogens with zero attached hydrogens (tertiary/aromatic N) is 1. The quantitative estimate of drug-likeness (QED) is 0.0751. The van der Waals surface area contributed by atoms with Crippen LogP contribution in [0.5, 0.6) is 11.5 Å². The normalized spacial score (nSPS) is 10.8. The number of benzene rings is 3. The molecule has 0 unspecified atom stereocenters. The lowest BCUT2D eigenvalue weighted by atomic mass is 10.1. The summed E-state index contributed by atoms with van der Waals surface area (Å²) in [5.41, 5.74) is 3.48. The van der Waals surface area contributed by atoms with Crippen molar-refractivity contribution in [1.29, 1.82) is 0 Å². The van der Waals surface area contributed by atoms with Crippen molar-refractivity contribution in [3.05, 3.63) is 93.5 Å². The van der Waals surface area contributed by atoms with Crippen LogP contribution in [0.1, 0.15) is 78.1 Å². The number of esters is 2. The van der Waals surface area contributed by atoms with Crippen LogP contribution in [0, 0.1) is 0 Å². The average Bonchev–Trinajstić information content (AvgIpc) is 2.92. The Hall–Kier alpha value is -3.68. The molecule has 9 heteroatoms. The molecular formula is C30H30Cl2N2O5. The molecular weight excluding hydrogens is 539 g/mol. The van der Waals surface area contributed by atoms with Crippen LogP contribution in [0.15, 0.2) is 71.8 Å². The Morgan fingerprint density at radius 1 is 0.769 bits per heavy atom. The van der Waals surface area contributed by atoms with Gasteiger partial charge in [0.25, 0.3) is 0 Å². The Morgan fingerprint density at radius 2 is 1.33 bits per heavy atom. The summed E-state index contributed by atoms with van der Waals surface area (Å²) in [6, 6.07) is 17.0. The number of rotatable bonds is 13. The molecule has 0 atom stereocenters. The van der Waals surface area contributed by atoms with E-state index in [0.29, 0.717) is 27.6 Å². The van der Waals surface area contributed by atoms with Crippen LogP contribution in [0.25, 0.3) is 0 Å². The Bertz CT molecular complexity index is 1290. The molecule has 0 aliphatic rings. The summed E-state index contributed by atoms with van der Waals surface area (Å²) in [5.74, 6) is -1.21. The van der Waals surface area contributed by atoms with E-state index in [0.717, 1.165) is 19.3 Å². The predicted molar refractivity (Wildman–Crippen MR) is 153 cm³/mol. The Balaban J connectivity index is 1.70. The van der Waals surface area contributed by atoms with Crippen molar-refractivity contribution < 1.29 is 23.9 Å². The number of hydrogen-bond donors (Lipinski definition) is 1. The molecule has 0 radical (unpaired) electrons. The van der Waals surface area contributed by atoms with E-state index < -0.39 is 11.9 Å². The summed E-state index contributed by atoms with van der Waals surface area (Å²) in [7, 11) is 0. The van der Waals surface area contributed by atoms with Gasteiger partial charge < -0.3 is 9.47 Å². The molecule has 7 nitrogen and oxygen atoms in total. The molecule has 3 rings (SSSR count). The Morgan fingerprint density at radius 3 is 1.95 bits per heavy atom. The van der Waals surface area contributed by atoms with Gasteiger partial charge in [0.15, 0.2) is 0 Å². The fourth-order valence-electron chi connectivity index (χ4n) is 3.57. The highest BCUT2D eigenvalue weighted by atomic mass is 35.5. The van der Waals surface area contributed by atoms with E-state index >= 15 is 0 Å². The van der Waals surface area contributed by atoms with Crippen molar-refractivity contribution >= 4 is 47.3 Å². The van der Waals surface area contributed by atoms with Gasteiger partial charge in [0.1, 0.15) is 11.5 Å². The number of carbonyl (C=O) groups excluding carboxylic acids is 3. The van der Waals surface area contributed by atoms with Crippen LogP contribution in [-0.2, 0) is 4.79 Å². The van der Waals surface area contributed by atoms with Gasteiger partial charge >= 0.3 is 11.9 Å². The van der Waals surface area contributed by atoms with Gasteiger partial charge in [-0.2, -0.15) is 5.10 Å². The molecule has 0 aromatic heterocycles. The number of ether oxygens (including phenoxy) is 2. The number of hydrogen-bond acceptors (Lipinski definition) is 6. The summed E-state index contributed by atoms with van der Waals surface area (Å²) in [6.45, 7) is 2.16. The first-order valence-corrected chi connectivity index (χ1v) is 13.5. The van der Waals surface area contributed by atoms with Crippen molar-refractivity contribution in [2.24, 2.45) is 5.10 Å². The molecule has 0 fully saturated rings. The fraction of sp³-hybridized carbons (Fsp3) is 0.267. The average molecular weight is 569 g/mol. The van der Waals surface area contributed by atoms with Crippen molar-refractivity contribution in [3.63, 3.8) is 0 Å². The smallest absolute Gasteiger partial charge is 0.343 e. The number of halogens is 2. The van der Waals surface area contributed by atoms with Gasteiger partial charge in [-0.05, 0) is 67.1 Å². The molecule has 1 amide bonds. The van der Waals surface area contributed by atoms with Crippen molar-refractivity contribution in [2.75, 3.05) is 0 Å². The van der Waals surface area contributed by atoms with E-state index in [2.05, 4.69) is 17.5 Å². The first-order chi connectivity index (χ1) is 18.9. The van der Waals surface area contributed by atoms with Crippen LogP contribution in [-0.4, -0.2) is 24.1 Å². The van der Waals surface area contributed by atoms with Gasteiger partial charge in [-0.15, -0.1) is 0 Å². The number of unbranched alkanes of at least 4 members (excludes halogenated alkanes) is 5. The molecule has 39 heavy (non-hydrogen) atoms. The first kappa shape index (κ1) is 29.9. The second-order valence-corrected chi connectivity index (χ2v) is 9.68. The van der Waals surface area contributed by atoms with E-state index in [9.17, 15) is 14.4 Å². The monoisotopic (exact) mass is 568 g/mol. The fourth-order valence-corrected chi connectivity index (χ4v) is 3.82. The van der Waals surface area contributed by atoms with Crippen molar-refractivity contribution in [2.45, 2.75) is 51.9 Å². The second-order valence-electron chi connectivity index (χ2n) is 8.80. The molecule has 0 bridgehead atoms. The summed E-state index contributed by atoms with van der Waals surface area (Å²) >= 11 is 11.8. The highest BCUT2D eigenvalue weighted by Crippen LogP contribution is 2.26. The zero-order valence-corrected chi connectivity index (χ0v) is 23.1. The molecule has 1 N–H and O–H groups in total. The Labute approximate surface area is 238 Å². The molecule has 0 saturated carbocycles. The lowest BCUT2D eigenvalue weighted by Gasteiger charge is -2.11. The third-order valence-corrected chi connectivity index (χ3v) is 6.21. The molecule has 0 saturated heterocycles. The minimum atomic E-state index is -0.644. The van der Waals surface area contributed by atoms with Gasteiger partial charge in [-0.25, -0.2) is 15.0 Å². The number of hydrazone groups is 1. The first-order valence-electron chi connectivity index (χ1n) is 12.8. The van der Waals surface area contributed by atoms with Gasteiger partial charge in [-0.3, -0.25) is 4.79 Å². The molecule has 204 valence electrons. The van der Waals surface area contributed by atoms with Gasteiger partial charge in [0.2, 0.25) is 5.91 Å². The largest absolute Gasteiger partial charge is 0.423 e. The Kier molecular flexibility index (Phi) is 12.0. The maximum atomic E-state index is 12.8. The highest BCUT2D eigenvalue weighted by Gasteiger charge is 2.15. The number of amides is 1. The summed E-state index contributed by atoms with van der Waals surface area (Å²) < 4.78 is 11.0.